The molecule has 0 atom stereocenters. The minimum Gasteiger partial charge on any atom is -0.394 e. The van der Waals surface area contributed by atoms with E-state index in [0.717, 1.165) is 5.69 Å². The van der Waals surface area contributed by atoms with Crippen LogP contribution in [-0.2, 0) is 11.8 Å². The topological polar surface area (TPSA) is 58.4 Å². The summed E-state index contributed by atoms with van der Waals surface area (Å²) in [4.78, 5) is 13.4. The maximum absolute atomic E-state index is 11.9. The molecule has 0 radical (unpaired) electrons. The SMILES string of the molecule is CN(C(=O)/C=C/c1ccnn1C)C(C)(C)CO. The van der Waals surface area contributed by atoms with Crippen molar-refractivity contribution < 1.29 is 9.90 Å². The summed E-state index contributed by atoms with van der Waals surface area (Å²) in [6.45, 7) is 3.54. The zero-order valence-electron chi connectivity index (χ0n) is 10.7. The average Bonchev–Trinajstić information content (AvgIpc) is 2.70. The van der Waals surface area contributed by atoms with Gasteiger partial charge in [-0.1, -0.05) is 0 Å². The fraction of sp³-hybridized carbons (Fsp3) is 0.500. The van der Waals surface area contributed by atoms with Crippen LogP contribution in [0.25, 0.3) is 6.08 Å². The van der Waals surface area contributed by atoms with E-state index in [9.17, 15) is 9.90 Å². The molecule has 0 saturated heterocycles. The quantitative estimate of drug-likeness (QED) is 0.783. The van der Waals surface area contributed by atoms with Gasteiger partial charge in [0.2, 0.25) is 5.91 Å². The van der Waals surface area contributed by atoms with Gasteiger partial charge in [0.1, 0.15) is 0 Å². The van der Waals surface area contributed by atoms with Gasteiger partial charge in [-0.3, -0.25) is 9.48 Å². The predicted molar refractivity (Wildman–Crippen MR) is 66.2 cm³/mol. The van der Waals surface area contributed by atoms with Crippen molar-refractivity contribution in [3.05, 3.63) is 24.0 Å². The highest BCUT2D eigenvalue weighted by Crippen LogP contribution is 2.12. The molecule has 5 heteroatoms. The Hall–Kier alpha value is -1.62. The van der Waals surface area contributed by atoms with Gasteiger partial charge >= 0.3 is 0 Å². The number of aryl methyl sites for hydroxylation is 1. The second kappa shape index (κ2) is 5.14. The molecule has 0 aliphatic carbocycles. The zero-order valence-corrected chi connectivity index (χ0v) is 10.7. The van der Waals surface area contributed by atoms with Gasteiger partial charge < -0.3 is 10.0 Å². The van der Waals surface area contributed by atoms with Crippen molar-refractivity contribution in [2.45, 2.75) is 19.4 Å². The number of likely N-dealkylation sites (N-methyl/N-ethyl adjacent to an activating group) is 1. The van der Waals surface area contributed by atoms with Crippen LogP contribution in [0.15, 0.2) is 18.3 Å². The molecule has 0 aromatic carbocycles. The van der Waals surface area contributed by atoms with E-state index < -0.39 is 5.54 Å². The number of amides is 1. The third-order valence-electron chi connectivity index (χ3n) is 2.88. The lowest BCUT2D eigenvalue weighted by molar-refractivity contribution is -0.130. The van der Waals surface area contributed by atoms with Crippen LogP contribution < -0.4 is 0 Å². The van der Waals surface area contributed by atoms with E-state index in [2.05, 4.69) is 5.10 Å². The van der Waals surface area contributed by atoms with Crippen LogP contribution in [-0.4, -0.2) is 44.9 Å². The van der Waals surface area contributed by atoms with Crippen molar-refractivity contribution in [3.8, 4) is 0 Å². The molecule has 0 aliphatic heterocycles. The number of rotatable bonds is 4. The van der Waals surface area contributed by atoms with Crippen molar-refractivity contribution in [1.29, 1.82) is 0 Å². The smallest absolute Gasteiger partial charge is 0.246 e. The first-order valence-corrected chi connectivity index (χ1v) is 5.43. The number of aliphatic hydroxyl groups excluding tert-OH is 1. The molecule has 1 aromatic rings. The third kappa shape index (κ3) is 3.17. The fourth-order valence-electron chi connectivity index (χ4n) is 1.22. The van der Waals surface area contributed by atoms with Crippen molar-refractivity contribution >= 4 is 12.0 Å². The molecule has 1 heterocycles. The van der Waals surface area contributed by atoms with E-state index in [1.54, 1.807) is 24.0 Å². The summed E-state index contributed by atoms with van der Waals surface area (Å²) < 4.78 is 1.68. The third-order valence-corrected chi connectivity index (χ3v) is 2.88. The molecule has 1 aromatic heterocycles. The molecule has 0 saturated carbocycles. The van der Waals surface area contributed by atoms with Crippen LogP contribution in [0.3, 0.4) is 0 Å². The molecular weight excluding hydrogens is 218 g/mol. The van der Waals surface area contributed by atoms with Crippen LogP contribution in [0.2, 0.25) is 0 Å². The van der Waals surface area contributed by atoms with Gasteiger partial charge in [0.25, 0.3) is 0 Å². The second-order valence-electron chi connectivity index (χ2n) is 4.58. The summed E-state index contributed by atoms with van der Waals surface area (Å²) in [5.41, 5.74) is 0.294. The Morgan fingerprint density at radius 2 is 2.29 bits per heavy atom. The molecule has 0 fully saturated rings. The molecule has 0 unspecified atom stereocenters. The lowest BCUT2D eigenvalue weighted by Gasteiger charge is -2.33. The molecule has 1 rings (SSSR count). The first kappa shape index (κ1) is 13.4. The number of carbonyl (C=O) groups is 1. The summed E-state index contributed by atoms with van der Waals surface area (Å²) in [5, 5.41) is 13.2. The number of carbonyl (C=O) groups excluding carboxylic acids is 1. The normalized spacial score (nSPS) is 12.1. The van der Waals surface area contributed by atoms with Crippen LogP contribution in [0, 0.1) is 0 Å². The number of hydrogen-bond donors (Lipinski definition) is 1. The van der Waals surface area contributed by atoms with E-state index in [0.29, 0.717) is 0 Å². The standard InChI is InChI=1S/C12H19N3O2/c1-12(2,9-16)14(3)11(17)6-5-10-7-8-13-15(10)4/h5-8,16H,9H2,1-4H3/b6-5+. The largest absolute Gasteiger partial charge is 0.394 e. The molecule has 1 amide bonds. The molecule has 5 nitrogen and oxygen atoms in total. The van der Waals surface area contributed by atoms with Crippen LogP contribution in [0.1, 0.15) is 19.5 Å². The summed E-state index contributed by atoms with van der Waals surface area (Å²) >= 11 is 0. The minimum absolute atomic E-state index is 0.0746. The molecule has 1 N–H and O–H groups in total. The lowest BCUT2D eigenvalue weighted by Crippen LogP contribution is -2.47. The van der Waals surface area contributed by atoms with Crippen LogP contribution in [0.4, 0.5) is 0 Å². The second-order valence-corrected chi connectivity index (χ2v) is 4.58. The van der Waals surface area contributed by atoms with Gasteiger partial charge in [0.15, 0.2) is 0 Å². The summed E-state index contributed by atoms with van der Waals surface area (Å²) in [7, 11) is 3.48. The Bertz CT molecular complexity index is 421. The minimum atomic E-state index is -0.562. The average molecular weight is 237 g/mol. The Labute approximate surface area is 101 Å². The Morgan fingerprint density at radius 1 is 1.65 bits per heavy atom. The number of hydrogen-bond acceptors (Lipinski definition) is 3. The number of nitrogens with zero attached hydrogens (tertiary/aromatic N) is 3. The van der Waals surface area contributed by atoms with Gasteiger partial charge in [0, 0.05) is 26.4 Å². The van der Waals surface area contributed by atoms with E-state index >= 15 is 0 Å². The summed E-state index contributed by atoms with van der Waals surface area (Å²) in [6, 6.07) is 1.82. The van der Waals surface area contributed by atoms with E-state index in [1.165, 1.54) is 11.0 Å². The van der Waals surface area contributed by atoms with Gasteiger partial charge in [-0.25, -0.2) is 0 Å². The van der Waals surface area contributed by atoms with Crippen LogP contribution >= 0.6 is 0 Å². The van der Waals surface area contributed by atoms with Crippen molar-refractivity contribution in [3.63, 3.8) is 0 Å². The fourth-order valence-corrected chi connectivity index (χ4v) is 1.22. The van der Waals surface area contributed by atoms with Crippen molar-refractivity contribution in [2.24, 2.45) is 7.05 Å². The molecule has 0 aliphatic rings. The van der Waals surface area contributed by atoms with Crippen molar-refractivity contribution in [1.82, 2.24) is 14.7 Å². The molecule has 0 bridgehead atoms. The molecule has 0 spiro atoms. The van der Waals surface area contributed by atoms with E-state index in [1.807, 2.05) is 27.0 Å². The Morgan fingerprint density at radius 3 is 2.76 bits per heavy atom. The number of aliphatic hydroxyl groups is 1. The Kier molecular flexibility index (Phi) is 4.07. The first-order valence-electron chi connectivity index (χ1n) is 5.43. The lowest BCUT2D eigenvalue weighted by atomic mass is 10.1. The predicted octanol–water partition coefficient (Wildman–Crippen LogP) is 0.663. The highest BCUT2D eigenvalue weighted by atomic mass is 16.3. The Balaban J connectivity index is 2.73. The maximum atomic E-state index is 11.9. The zero-order chi connectivity index (χ0) is 13.1. The van der Waals surface area contributed by atoms with E-state index in [4.69, 9.17) is 0 Å². The van der Waals surface area contributed by atoms with Crippen LogP contribution in [0.5, 0.6) is 0 Å². The number of aromatic nitrogens is 2. The van der Waals surface area contributed by atoms with Gasteiger partial charge in [0.05, 0.1) is 17.8 Å². The first-order chi connectivity index (χ1) is 7.88. The summed E-state index contributed by atoms with van der Waals surface area (Å²) in [5.74, 6) is -0.148. The highest BCUT2D eigenvalue weighted by molar-refractivity contribution is 5.91. The van der Waals surface area contributed by atoms with Gasteiger partial charge in [-0.2, -0.15) is 5.10 Å². The monoisotopic (exact) mass is 237 g/mol. The highest BCUT2D eigenvalue weighted by Gasteiger charge is 2.25. The summed E-state index contributed by atoms with van der Waals surface area (Å²) in [6.07, 6.45) is 4.86. The molecule has 94 valence electrons. The van der Waals surface area contributed by atoms with Crippen molar-refractivity contribution in [2.75, 3.05) is 13.7 Å². The van der Waals surface area contributed by atoms with Gasteiger partial charge in [-0.05, 0) is 26.0 Å². The molecule has 17 heavy (non-hydrogen) atoms. The van der Waals surface area contributed by atoms with Gasteiger partial charge in [-0.15, -0.1) is 0 Å². The van der Waals surface area contributed by atoms with E-state index in [-0.39, 0.29) is 12.5 Å². The molecular formula is C12H19N3O2. The maximum Gasteiger partial charge on any atom is 0.246 e.